The molecule has 0 radical (unpaired) electrons. The molecule has 1 aliphatic heterocycles. The van der Waals surface area contributed by atoms with Crippen molar-refractivity contribution < 1.29 is 14.2 Å². The molecule has 1 unspecified atom stereocenters. The number of aliphatic imine (C=N–C) groups is 1. The third-order valence-corrected chi connectivity index (χ3v) is 5.11. The second-order valence-corrected chi connectivity index (χ2v) is 7.53. The van der Waals surface area contributed by atoms with E-state index in [1.165, 1.54) is 5.69 Å². The van der Waals surface area contributed by atoms with Crippen LogP contribution >= 0.6 is 0 Å². The highest BCUT2D eigenvalue weighted by Gasteiger charge is 2.22. The van der Waals surface area contributed by atoms with Crippen LogP contribution in [0.5, 0.6) is 5.75 Å². The monoisotopic (exact) mass is 420 g/mol. The number of anilines is 1. The molecule has 0 saturated carbocycles. The minimum atomic E-state index is 0.558. The third kappa shape index (κ3) is 9.22. The molecule has 7 heteroatoms. The summed E-state index contributed by atoms with van der Waals surface area (Å²) in [6.07, 6.45) is 3.43. The summed E-state index contributed by atoms with van der Waals surface area (Å²) in [5, 5.41) is 6.68. The molecule has 1 heterocycles. The molecule has 30 heavy (non-hydrogen) atoms. The number of rotatable bonds is 14. The van der Waals surface area contributed by atoms with Crippen molar-refractivity contribution in [3.8, 4) is 5.75 Å². The zero-order valence-electron chi connectivity index (χ0n) is 19.0. The summed E-state index contributed by atoms with van der Waals surface area (Å²) in [6.45, 7) is 11.5. The Kier molecular flexibility index (Phi) is 12.1. The van der Waals surface area contributed by atoms with Crippen molar-refractivity contribution in [3.63, 3.8) is 0 Å². The summed E-state index contributed by atoms with van der Waals surface area (Å²) in [5.41, 5.74) is 1.22. The van der Waals surface area contributed by atoms with Gasteiger partial charge in [0.05, 0.1) is 26.9 Å². The van der Waals surface area contributed by atoms with Crippen LogP contribution in [0, 0.1) is 5.92 Å². The number of hydrogen-bond acceptors (Lipinski definition) is 5. The Hall–Kier alpha value is -1.99. The highest BCUT2D eigenvalue weighted by atomic mass is 16.5. The Balaban J connectivity index is 1.66. The summed E-state index contributed by atoms with van der Waals surface area (Å²) in [5.74, 6) is 2.32. The minimum absolute atomic E-state index is 0.558. The predicted octanol–water partition coefficient (Wildman–Crippen LogP) is 2.91. The van der Waals surface area contributed by atoms with Gasteiger partial charge in [-0.2, -0.15) is 0 Å². The number of nitrogens with zero attached hydrogens (tertiary/aromatic N) is 2. The maximum absolute atomic E-state index is 5.62. The van der Waals surface area contributed by atoms with E-state index in [-0.39, 0.29) is 0 Å². The van der Waals surface area contributed by atoms with E-state index in [2.05, 4.69) is 41.5 Å². The van der Waals surface area contributed by atoms with E-state index in [0.29, 0.717) is 25.7 Å². The summed E-state index contributed by atoms with van der Waals surface area (Å²) < 4.78 is 16.5. The molecule has 2 rings (SSSR count). The van der Waals surface area contributed by atoms with E-state index >= 15 is 0 Å². The Morgan fingerprint density at radius 3 is 2.73 bits per heavy atom. The first-order chi connectivity index (χ1) is 14.8. The lowest BCUT2D eigenvalue weighted by Gasteiger charge is -2.19. The van der Waals surface area contributed by atoms with Crippen LogP contribution in [-0.4, -0.2) is 72.2 Å². The van der Waals surface area contributed by atoms with Gasteiger partial charge in [-0.1, -0.05) is 19.4 Å². The fourth-order valence-corrected chi connectivity index (χ4v) is 3.40. The SMILES string of the molecule is CCCCOCCOCCNC(=NCC1CCN(c2cccc(OC)c2)C1)NCC. The average molecular weight is 421 g/mol. The maximum Gasteiger partial charge on any atom is 0.191 e. The van der Waals surface area contributed by atoms with Crippen LogP contribution in [0.4, 0.5) is 5.69 Å². The van der Waals surface area contributed by atoms with Crippen LogP contribution in [0.25, 0.3) is 0 Å². The van der Waals surface area contributed by atoms with E-state index in [1.54, 1.807) is 7.11 Å². The Bertz CT molecular complexity index is 612. The van der Waals surface area contributed by atoms with Crippen LogP contribution < -0.4 is 20.3 Å². The fourth-order valence-electron chi connectivity index (χ4n) is 3.40. The van der Waals surface area contributed by atoms with Crippen LogP contribution in [0.1, 0.15) is 33.1 Å². The number of methoxy groups -OCH3 is 1. The zero-order valence-corrected chi connectivity index (χ0v) is 19.0. The lowest BCUT2D eigenvalue weighted by Crippen LogP contribution is -2.39. The number of guanidine groups is 1. The molecular weight excluding hydrogens is 380 g/mol. The molecule has 0 bridgehead atoms. The highest BCUT2D eigenvalue weighted by Crippen LogP contribution is 2.26. The Labute approximate surface area is 182 Å². The lowest BCUT2D eigenvalue weighted by molar-refractivity contribution is 0.0487. The van der Waals surface area contributed by atoms with Crippen molar-refractivity contribution in [2.24, 2.45) is 10.9 Å². The van der Waals surface area contributed by atoms with Crippen molar-refractivity contribution in [2.45, 2.75) is 33.1 Å². The van der Waals surface area contributed by atoms with E-state index in [0.717, 1.165) is 70.3 Å². The molecule has 7 nitrogen and oxygen atoms in total. The highest BCUT2D eigenvalue weighted by molar-refractivity contribution is 5.79. The molecule has 0 aliphatic carbocycles. The van der Waals surface area contributed by atoms with Crippen molar-refractivity contribution >= 4 is 11.6 Å². The predicted molar refractivity (Wildman–Crippen MR) is 124 cm³/mol. The Morgan fingerprint density at radius 1 is 1.13 bits per heavy atom. The van der Waals surface area contributed by atoms with Gasteiger partial charge in [-0.3, -0.25) is 4.99 Å². The Morgan fingerprint density at radius 2 is 1.97 bits per heavy atom. The quantitative estimate of drug-likeness (QED) is 0.274. The first-order valence-corrected chi connectivity index (χ1v) is 11.3. The molecule has 1 atom stereocenters. The molecule has 1 aromatic rings. The number of ether oxygens (including phenoxy) is 3. The average Bonchev–Trinajstić information content (AvgIpc) is 3.25. The van der Waals surface area contributed by atoms with E-state index in [9.17, 15) is 0 Å². The number of hydrogen-bond donors (Lipinski definition) is 2. The van der Waals surface area contributed by atoms with Gasteiger partial charge in [-0.05, 0) is 37.8 Å². The third-order valence-electron chi connectivity index (χ3n) is 5.11. The second-order valence-electron chi connectivity index (χ2n) is 7.53. The maximum atomic E-state index is 5.62. The smallest absolute Gasteiger partial charge is 0.191 e. The summed E-state index contributed by atoms with van der Waals surface area (Å²) >= 11 is 0. The van der Waals surface area contributed by atoms with Crippen molar-refractivity contribution in [3.05, 3.63) is 24.3 Å². The first kappa shape index (κ1) is 24.3. The zero-order chi connectivity index (χ0) is 21.4. The number of nitrogens with one attached hydrogen (secondary N) is 2. The van der Waals surface area contributed by atoms with Gasteiger partial charge in [0.1, 0.15) is 5.75 Å². The van der Waals surface area contributed by atoms with Gasteiger partial charge in [0.15, 0.2) is 5.96 Å². The summed E-state index contributed by atoms with van der Waals surface area (Å²) in [7, 11) is 1.71. The van der Waals surface area contributed by atoms with E-state index < -0.39 is 0 Å². The molecule has 1 saturated heterocycles. The topological polar surface area (TPSA) is 67.4 Å². The van der Waals surface area contributed by atoms with Crippen LogP contribution in [0.3, 0.4) is 0 Å². The molecule has 0 amide bonds. The van der Waals surface area contributed by atoms with Gasteiger partial charge < -0.3 is 29.7 Å². The first-order valence-electron chi connectivity index (χ1n) is 11.3. The van der Waals surface area contributed by atoms with Gasteiger partial charge in [0.2, 0.25) is 0 Å². The molecule has 0 spiro atoms. The molecule has 170 valence electrons. The van der Waals surface area contributed by atoms with Gasteiger partial charge in [-0.25, -0.2) is 0 Å². The molecule has 2 N–H and O–H groups in total. The minimum Gasteiger partial charge on any atom is -0.497 e. The molecule has 1 aromatic carbocycles. The van der Waals surface area contributed by atoms with Crippen molar-refractivity contribution in [1.82, 2.24) is 10.6 Å². The van der Waals surface area contributed by atoms with Crippen LogP contribution in [0.15, 0.2) is 29.3 Å². The molecule has 1 aliphatic rings. The summed E-state index contributed by atoms with van der Waals surface area (Å²) in [6, 6.07) is 8.28. The molecule has 0 aromatic heterocycles. The van der Waals surface area contributed by atoms with E-state index in [1.807, 2.05) is 12.1 Å². The van der Waals surface area contributed by atoms with E-state index in [4.69, 9.17) is 19.2 Å². The normalized spacial score (nSPS) is 16.7. The van der Waals surface area contributed by atoms with Gasteiger partial charge in [-0.15, -0.1) is 0 Å². The molecular formula is C23H40N4O3. The standard InChI is InChI=1S/C23H40N4O3/c1-4-6-13-29-15-16-30-14-11-25-23(24-5-2)26-18-20-10-12-27(19-20)21-8-7-9-22(17-21)28-3/h7-9,17,20H,4-6,10-16,18-19H2,1-3H3,(H2,24,25,26). The van der Waals surface area contributed by atoms with Crippen LogP contribution in [0.2, 0.25) is 0 Å². The number of benzene rings is 1. The van der Waals surface area contributed by atoms with Gasteiger partial charge >= 0.3 is 0 Å². The lowest BCUT2D eigenvalue weighted by atomic mass is 10.1. The molecule has 1 fully saturated rings. The van der Waals surface area contributed by atoms with Gasteiger partial charge in [0, 0.05) is 51.1 Å². The largest absolute Gasteiger partial charge is 0.497 e. The van der Waals surface area contributed by atoms with Gasteiger partial charge in [0.25, 0.3) is 0 Å². The number of unbranched alkanes of at least 4 members (excludes halogenated alkanes) is 1. The second kappa shape index (κ2) is 14.9. The van der Waals surface area contributed by atoms with Crippen molar-refractivity contribution in [1.29, 1.82) is 0 Å². The summed E-state index contributed by atoms with van der Waals surface area (Å²) in [4.78, 5) is 7.20. The fraction of sp³-hybridized carbons (Fsp3) is 0.696. The van der Waals surface area contributed by atoms with Crippen LogP contribution in [-0.2, 0) is 9.47 Å². The van der Waals surface area contributed by atoms with Crippen molar-refractivity contribution in [2.75, 3.05) is 71.2 Å².